The third-order valence-corrected chi connectivity index (χ3v) is 3.21. The minimum atomic E-state index is 0.428. The van der Waals surface area contributed by atoms with Crippen LogP contribution in [0.25, 0.3) is 0 Å². The standard InChI is InChI=1S/C11H24N2/c1-4-11(12)7-10-5-6-13(8-10)9(2)3/h9-11H,4-8,12H2,1-3H3/t10-,11+/m0/s1. The summed E-state index contributed by atoms with van der Waals surface area (Å²) in [6.45, 7) is 9.29. The van der Waals surface area contributed by atoms with E-state index in [1.54, 1.807) is 0 Å². The number of hydrogen-bond acceptors (Lipinski definition) is 2. The van der Waals surface area contributed by atoms with Crippen molar-refractivity contribution in [3.8, 4) is 0 Å². The van der Waals surface area contributed by atoms with Crippen LogP contribution in [0.3, 0.4) is 0 Å². The van der Waals surface area contributed by atoms with Gasteiger partial charge in [-0.3, -0.25) is 0 Å². The van der Waals surface area contributed by atoms with E-state index in [0.717, 1.165) is 12.3 Å². The largest absolute Gasteiger partial charge is 0.328 e. The summed E-state index contributed by atoms with van der Waals surface area (Å²) >= 11 is 0. The predicted octanol–water partition coefficient (Wildman–Crippen LogP) is 1.84. The Morgan fingerprint density at radius 1 is 1.46 bits per heavy atom. The molecule has 0 aromatic rings. The Morgan fingerprint density at radius 3 is 2.62 bits per heavy atom. The molecule has 0 radical (unpaired) electrons. The van der Waals surface area contributed by atoms with Crippen molar-refractivity contribution in [3.05, 3.63) is 0 Å². The van der Waals surface area contributed by atoms with E-state index in [1.807, 2.05) is 0 Å². The van der Waals surface area contributed by atoms with Gasteiger partial charge in [0.15, 0.2) is 0 Å². The molecule has 13 heavy (non-hydrogen) atoms. The maximum Gasteiger partial charge on any atom is 0.00393 e. The molecule has 1 fully saturated rings. The van der Waals surface area contributed by atoms with Gasteiger partial charge in [-0.05, 0) is 45.6 Å². The quantitative estimate of drug-likeness (QED) is 0.722. The van der Waals surface area contributed by atoms with Gasteiger partial charge in [-0.2, -0.15) is 0 Å². The summed E-state index contributed by atoms with van der Waals surface area (Å²) in [7, 11) is 0. The molecule has 2 atom stereocenters. The highest BCUT2D eigenvalue weighted by Gasteiger charge is 2.24. The fraction of sp³-hybridized carbons (Fsp3) is 1.00. The molecule has 0 aromatic carbocycles. The summed E-state index contributed by atoms with van der Waals surface area (Å²) in [6, 6.07) is 1.14. The Morgan fingerprint density at radius 2 is 2.15 bits per heavy atom. The maximum atomic E-state index is 5.96. The number of likely N-dealkylation sites (tertiary alicyclic amines) is 1. The second-order valence-corrected chi connectivity index (χ2v) is 4.65. The van der Waals surface area contributed by atoms with Gasteiger partial charge in [-0.1, -0.05) is 6.92 Å². The molecule has 1 aliphatic rings. The highest BCUT2D eigenvalue weighted by atomic mass is 15.2. The first kappa shape index (κ1) is 11.0. The molecular formula is C11H24N2. The highest BCUT2D eigenvalue weighted by molar-refractivity contribution is 4.80. The van der Waals surface area contributed by atoms with Crippen LogP contribution in [0.15, 0.2) is 0 Å². The van der Waals surface area contributed by atoms with Crippen molar-refractivity contribution in [3.63, 3.8) is 0 Å². The van der Waals surface area contributed by atoms with E-state index in [1.165, 1.54) is 25.9 Å². The van der Waals surface area contributed by atoms with Gasteiger partial charge in [0, 0.05) is 18.6 Å². The van der Waals surface area contributed by atoms with E-state index >= 15 is 0 Å². The lowest BCUT2D eigenvalue weighted by molar-refractivity contribution is 0.260. The first-order chi connectivity index (χ1) is 6.13. The molecule has 0 amide bonds. The van der Waals surface area contributed by atoms with Crippen LogP contribution in [-0.4, -0.2) is 30.1 Å². The Bertz CT molecular complexity index is 145. The summed E-state index contributed by atoms with van der Waals surface area (Å²) in [6.07, 6.45) is 3.70. The minimum absolute atomic E-state index is 0.428. The van der Waals surface area contributed by atoms with Crippen molar-refractivity contribution < 1.29 is 0 Å². The number of nitrogens with zero attached hydrogens (tertiary/aromatic N) is 1. The number of nitrogens with two attached hydrogens (primary N) is 1. The Balaban J connectivity index is 2.25. The van der Waals surface area contributed by atoms with Crippen LogP contribution in [0.2, 0.25) is 0 Å². The fourth-order valence-electron chi connectivity index (χ4n) is 2.12. The van der Waals surface area contributed by atoms with Crippen LogP contribution in [0, 0.1) is 5.92 Å². The van der Waals surface area contributed by atoms with Gasteiger partial charge >= 0.3 is 0 Å². The van der Waals surface area contributed by atoms with Crippen LogP contribution in [-0.2, 0) is 0 Å². The summed E-state index contributed by atoms with van der Waals surface area (Å²) in [5.41, 5.74) is 5.96. The van der Waals surface area contributed by atoms with Gasteiger partial charge in [-0.25, -0.2) is 0 Å². The second kappa shape index (κ2) is 4.97. The van der Waals surface area contributed by atoms with Gasteiger partial charge in [0.2, 0.25) is 0 Å². The first-order valence-electron chi connectivity index (χ1n) is 5.63. The number of rotatable bonds is 4. The summed E-state index contributed by atoms with van der Waals surface area (Å²) in [4.78, 5) is 2.56. The van der Waals surface area contributed by atoms with E-state index < -0.39 is 0 Å². The highest BCUT2D eigenvalue weighted by Crippen LogP contribution is 2.22. The third-order valence-electron chi connectivity index (χ3n) is 3.21. The topological polar surface area (TPSA) is 29.3 Å². The molecule has 2 nitrogen and oxygen atoms in total. The molecule has 1 rings (SSSR count). The predicted molar refractivity (Wildman–Crippen MR) is 57.7 cm³/mol. The molecule has 2 heteroatoms. The van der Waals surface area contributed by atoms with Gasteiger partial charge in [0.05, 0.1) is 0 Å². The van der Waals surface area contributed by atoms with Crippen LogP contribution in [0.5, 0.6) is 0 Å². The van der Waals surface area contributed by atoms with E-state index in [4.69, 9.17) is 5.73 Å². The Kier molecular flexibility index (Phi) is 4.20. The van der Waals surface area contributed by atoms with Crippen molar-refractivity contribution >= 4 is 0 Å². The molecule has 1 aliphatic heterocycles. The average molecular weight is 184 g/mol. The van der Waals surface area contributed by atoms with Gasteiger partial charge < -0.3 is 10.6 Å². The third kappa shape index (κ3) is 3.28. The van der Waals surface area contributed by atoms with Crippen LogP contribution < -0.4 is 5.73 Å². The molecule has 0 aliphatic carbocycles. The van der Waals surface area contributed by atoms with Crippen molar-refractivity contribution in [2.75, 3.05) is 13.1 Å². The van der Waals surface area contributed by atoms with E-state index in [-0.39, 0.29) is 0 Å². The lowest BCUT2D eigenvalue weighted by Gasteiger charge is -2.21. The normalized spacial score (nSPS) is 27.0. The first-order valence-corrected chi connectivity index (χ1v) is 5.63. The van der Waals surface area contributed by atoms with Crippen molar-refractivity contribution in [1.82, 2.24) is 4.90 Å². The zero-order valence-corrected chi connectivity index (χ0v) is 9.29. The van der Waals surface area contributed by atoms with Crippen LogP contribution in [0.4, 0.5) is 0 Å². The minimum Gasteiger partial charge on any atom is -0.328 e. The molecule has 1 heterocycles. The maximum absolute atomic E-state index is 5.96. The smallest absolute Gasteiger partial charge is 0.00393 e. The Hall–Kier alpha value is -0.0800. The van der Waals surface area contributed by atoms with E-state index in [2.05, 4.69) is 25.7 Å². The van der Waals surface area contributed by atoms with Crippen molar-refractivity contribution in [2.45, 2.75) is 52.1 Å². The fourth-order valence-corrected chi connectivity index (χ4v) is 2.12. The SMILES string of the molecule is CC[C@@H](N)C[C@@H]1CCN(C(C)C)C1. The number of hydrogen-bond donors (Lipinski definition) is 1. The van der Waals surface area contributed by atoms with Crippen molar-refractivity contribution in [2.24, 2.45) is 11.7 Å². The summed E-state index contributed by atoms with van der Waals surface area (Å²) in [5, 5.41) is 0. The molecular weight excluding hydrogens is 160 g/mol. The monoisotopic (exact) mass is 184 g/mol. The van der Waals surface area contributed by atoms with Gasteiger partial charge in [0.25, 0.3) is 0 Å². The molecule has 0 unspecified atom stereocenters. The van der Waals surface area contributed by atoms with Crippen LogP contribution >= 0.6 is 0 Å². The van der Waals surface area contributed by atoms with Gasteiger partial charge in [-0.15, -0.1) is 0 Å². The van der Waals surface area contributed by atoms with Crippen molar-refractivity contribution in [1.29, 1.82) is 0 Å². The Labute approximate surface area is 82.5 Å². The lowest BCUT2D eigenvalue weighted by atomic mass is 9.98. The van der Waals surface area contributed by atoms with Gasteiger partial charge in [0.1, 0.15) is 0 Å². The summed E-state index contributed by atoms with van der Waals surface area (Å²) in [5.74, 6) is 0.859. The average Bonchev–Trinajstić information content (AvgIpc) is 2.52. The molecule has 0 spiro atoms. The molecule has 0 aromatic heterocycles. The molecule has 2 N–H and O–H groups in total. The zero-order chi connectivity index (χ0) is 9.84. The zero-order valence-electron chi connectivity index (χ0n) is 9.29. The molecule has 1 saturated heterocycles. The molecule has 0 saturated carbocycles. The second-order valence-electron chi connectivity index (χ2n) is 4.65. The molecule has 0 bridgehead atoms. The van der Waals surface area contributed by atoms with E-state index in [9.17, 15) is 0 Å². The lowest BCUT2D eigenvalue weighted by Crippen LogP contribution is -2.29. The van der Waals surface area contributed by atoms with Crippen LogP contribution in [0.1, 0.15) is 40.0 Å². The molecule has 78 valence electrons. The van der Waals surface area contributed by atoms with E-state index in [0.29, 0.717) is 12.1 Å². The summed E-state index contributed by atoms with van der Waals surface area (Å²) < 4.78 is 0.